The number of nitrogens with zero attached hydrogens (tertiary/aromatic N) is 1. The number of rotatable bonds is 3. The predicted octanol–water partition coefficient (Wildman–Crippen LogP) is 1.64. The van der Waals surface area contributed by atoms with Crippen molar-refractivity contribution in [3.8, 4) is 0 Å². The maximum absolute atomic E-state index is 11.4. The molecule has 0 bridgehead atoms. The van der Waals surface area contributed by atoms with E-state index in [1.54, 1.807) is 6.07 Å². The molecule has 1 saturated heterocycles. The van der Waals surface area contributed by atoms with Crippen molar-refractivity contribution in [3.05, 3.63) is 27.8 Å². The molecule has 3 N–H and O–H groups in total. The molecule has 0 radical (unpaired) electrons. The van der Waals surface area contributed by atoms with Crippen molar-refractivity contribution < 1.29 is 9.72 Å². The van der Waals surface area contributed by atoms with Gasteiger partial charge in [0.1, 0.15) is 5.69 Å². The van der Waals surface area contributed by atoms with Gasteiger partial charge < -0.3 is 16.0 Å². The van der Waals surface area contributed by atoms with Crippen molar-refractivity contribution in [3.63, 3.8) is 0 Å². The fourth-order valence-corrected chi connectivity index (χ4v) is 2.92. The summed E-state index contributed by atoms with van der Waals surface area (Å²) in [5.41, 5.74) is 1.84. The van der Waals surface area contributed by atoms with E-state index in [0.29, 0.717) is 24.2 Å². The van der Waals surface area contributed by atoms with Gasteiger partial charge in [-0.15, -0.1) is 0 Å². The van der Waals surface area contributed by atoms with Gasteiger partial charge in [0.05, 0.1) is 10.6 Å². The van der Waals surface area contributed by atoms with Gasteiger partial charge in [0, 0.05) is 24.6 Å². The van der Waals surface area contributed by atoms with Gasteiger partial charge in [-0.3, -0.25) is 14.9 Å². The molecule has 0 aromatic heterocycles. The Morgan fingerprint density at radius 3 is 2.86 bits per heavy atom. The first-order valence-corrected chi connectivity index (χ1v) is 7.07. The van der Waals surface area contributed by atoms with Gasteiger partial charge in [-0.25, -0.2) is 0 Å². The van der Waals surface area contributed by atoms with Crippen LogP contribution in [-0.2, 0) is 11.2 Å². The van der Waals surface area contributed by atoms with Crippen molar-refractivity contribution in [2.24, 2.45) is 0 Å². The lowest BCUT2D eigenvalue weighted by Crippen LogP contribution is -2.37. The minimum atomic E-state index is -0.408. The minimum Gasteiger partial charge on any atom is -0.373 e. The average Bonchev–Trinajstić information content (AvgIpc) is 2.84. The lowest BCUT2D eigenvalue weighted by molar-refractivity contribution is -0.383. The van der Waals surface area contributed by atoms with Gasteiger partial charge in [0.25, 0.3) is 5.69 Å². The van der Waals surface area contributed by atoms with Gasteiger partial charge in [0.15, 0.2) is 0 Å². The molecule has 21 heavy (non-hydrogen) atoms. The first-order chi connectivity index (χ1) is 9.97. The second kappa shape index (κ2) is 5.00. The largest absolute Gasteiger partial charge is 0.373 e. The number of fused-ring (bicyclic) bond motifs is 1. The van der Waals surface area contributed by atoms with E-state index < -0.39 is 4.92 Å². The summed E-state index contributed by atoms with van der Waals surface area (Å²) in [5.74, 6) is -0.0931. The molecule has 0 saturated carbocycles. The summed E-state index contributed by atoms with van der Waals surface area (Å²) in [6.45, 7) is 3.73. The van der Waals surface area contributed by atoms with E-state index in [1.807, 2.05) is 0 Å². The second-order valence-electron chi connectivity index (χ2n) is 5.94. The van der Waals surface area contributed by atoms with Gasteiger partial charge >= 0.3 is 0 Å². The number of nitro benzene ring substituents is 1. The molecule has 1 unspecified atom stereocenters. The summed E-state index contributed by atoms with van der Waals surface area (Å²) in [7, 11) is 0. The number of hydrogen-bond acceptors (Lipinski definition) is 5. The molecule has 7 nitrogen and oxygen atoms in total. The van der Waals surface area contributed by atoms with Crippen LogP contribution < -0.4 is 16.0 Å². The molecule has 2 heterocycles. The first-order valence-electron chi connectivity index (χ1n) is 7.07. The SMILES string of the molecule is CC1(Nc2cc3c(cc2[N+](=O)[O-])NC(=O)CC3)CCNC1. The number of nitrogens with one attached hydrogen (secondary N) is 3. The van der Waals surface area contributed by atoms with Crippen molar-refractivity contribution in [2.75, 3.05) is 23.7 Å². The van der Waals surface area contributed by atoms with Crippen molar-refractivity contribution in [1.29, 1.82) is 0 Å². The maximum Gasteiger partial charge on any atom is 0.294 e. The van der Waals surface area contributed by atoms with E-state index in [4.69, 9.17) is 0 Å². The fourth-order valence-electron chi connectivity index (χ4n) is 2.92. The zero-order valence-electron chi connectivity index (χ0n) is 11.9. The zero-order chi connectivity index (χ0) is 15.0. The molecule has 1 atom stereocenters. The Bertz CT molecular complexity index is 608. The maximum atomic E-state index is 11.4. The van der Waals surface area contributed by atoms with Crippen molar-refractivity contribution in [1.82, 2.24) is 5.32 Å². The third-order valence-corrected chi connectivity index (χ3v) is 4.12. The molecule has 0 aliphatic carbocycles. The number of aryl methyl sites for hydroxylation is 1. The molecule has 1 aromatic rings. The summed E-state index contributed by atoms with van der Waals surface area (Å²) in [5, 5.41) is 20.6. The van der Waals surface area contributed by atoms with Crippen LogP contribution in [0.2, 0.25) is 0 Å². The van der Waals surface area contributed by atoms with Crippen LogP contribution in [0.1, 0.15) is 25.3 Å². The molecular formula is C14H18N4O3. The summed E-state index contributed by atoms with van der Waals surface area (Å²) in [6, 6.07) is 3.26. The van der Waals surface area contributed by atoms with Crippen LogP contribution in [0.15, 0.2) is 12.1 Å². The van der Waals surface area contributed by atoms with Gasteiger partial charge in [0.2, 0.25) is 5.91 Å². The summed E-state index contributed by atoms with van der Waals surface area (Å²) >= 11 is 0. The van der Waals surface area contributed by atoms with E-state index in [-0.39, 0.29) is 17.1 Å². The van der Waals surface area contributed by atoms with Gasteiger partial charge in [-0.05, 0) is 37.9 Å². The Kier molecular flexibility index (Phi) is 3.29. The van der Waals surface area contributed by atoms with Gasteiger partial charge in [-0.2, -0.15) is 0 Å². The first kappa shape index (κ1) is 13.8. The molecule has 0 spiro atoms. The van der Waals surface area contributed by atoms with Crippen molar-refractivity contribution >= 4 is 23.0 Å². The standard InChI is InChI=1S/C14H18N4O3/c1-14(4-5-15-8-14)17-11-6-9-2-3-13(19)16-10(9)7-12(11)18(20)21/h6-7,15,17H,2-5,8H2,1H3,(H,16,19). The van der Waals surface area contributed by atoms with E-state index >= 15 is 0 Å². The monoisotopic (exact) mass is 290 g/mol. The third kappa shape index (κ3) is 2.69. The van der Waals surface area contributed by atoms with Crippen molar-refractivity contribution in [2.45, 2.75) is 31.7 Å². The highest BCUT2D eigenvalue weighted by Gasteiger charge is 2.31. The Hall–Kier alpha value is -2.15. The lowest BCUT2D eigenvalue weighted by Gasteiger charge is -2.27. The van der Waals surface area contributed by atoms with E-state index in [0.717, 1.165) is 25.1 Å². The van der Waals surface area contributed by atoms with Crippen LogP contribution in [0.4, 0.5) is 17.1 Å². The average molecular weight is 290 g/mol. The van der Waals surface area contributed by atoms with Crippen LogP contribution in [0, 0.1) is 10.1 Å². The Balaban J connectivity index is 1.98. The van der Waals surface area contributed by atoms with Crippen LogP contribution in [0.3, 0.4) is 0 Å². The fraction of sp³-hybridized carbons (Fsp3) is 0.500. The number of anilines is 2. The molecule has 1 fully saturated rings. The van der Waals surface area contributed by atoms with Crippen LogP contribution in [0.25, 0.3) is 0 Å². The summed E-state index contributed by atoms with van der Waals surface area (Å²) in [6.07, 6.45) is 1.95. The van der Waals surface area contributed by atoms with Gasteiger partial charge in [-0.1, -0.05) is 0 Å². The molecule has 1 amide bonds. The topological polar surface area (TPSA) is 96.3 Å². The van der Waals surface area contributed by atoms with E-state index in [9.17, 15) is 14.9 Å². The highest BCUT2D eigenvalue weighted by Crippen LogP contribution is 2.36. The Labute approximate surface area is 122 Å². The minimum absolute atomic E-state index is 0.00377. The highest BCUT2D eigenvalue weighted by atomic mass is 16.6. The number of carbonyl (C=O) groups excluding carboxylic acids is 1. The van der Waals surface area contributed by atoms with Crippen LogP contribution >= 0.6 is 0 Å². The number of benzene rings is 1. The summed E-state index contributed by atoms with van der Waals surface area (Å²) < 4.78 is 0. The molecule has 7 heteroatoms. The third-order valence-electron chi connectivity index (χ3n) is 4.12. The molecule has 2 aliphatic rings. The second-order valence-corrected chi connectivity index (χ2v) is 5.94. The molecule has 1 aromatic carbocycles. The van der Waals surface area contributed by atoms with Crippen LogP contribution in [0.5, 0.6) is 0 Å². The van der Waals surface area contributed by atoms with E-state index in [2.05, 4.69) is 22.9 Å². The molecule has 3 rings (SSSR count). The van der Waals surface area contributed by atoms with E-state index in [1.165, 1.54) is 6.07 Å². The predicted molar refractivity (Wildman–Crippen MR) is 79.6 cm³/mol. The lowest BCUT2D eigenvalue weighted by atomic mass is 9.98. The Morgan fingerprint density at radius 2 is 2.19 bits per heavy atom. The summed E-state index contributed by atoms with van der Waals surface area (Å²) in [4.78, 5) is 22.3. The smallest absolute Gasteiger partial charge is 0.294 e. The Morgan fingerprint density at radius 1 is 1.38 bits per heavy atom. The van der Waals surface area contributed by atoms with Crippen LogP contribution in [-0.4, -0.2) is 29.5 Å². The molecule has 2 aliphatic heterocycles. The molecule has 112 valence electrons. The number of amides is 1. The number of carbonyl (C=O) groups is 1. The quantitative estimate of drug-likeness (QED) is 0.581. The highest BCUT2D eigenvalue weighted by molar-refractivity contribution is 5.95. The number of hydrogen-bond donors (Lipinski definition) is 3. The normalized spacial score (nSPS) is 24.3. The molecular weight excluding hydrogens is 272 g/mol. The number of nitro groups is 1. The zero-order valence-corrected chi connectivity index (χ0v) is 11.9.